The lowest BCUT2D eigenvalue weighted by Gasteiger charge is -2.25. The molecule has 0 aliphatic rings. The second-order valence-electron chi connectivity index (χ2n) is 8.37. The number of aliphatic carboxylic acids is 1. The molecule has 0 saturated heterocycles. The zero-order chi connectivity index (χ0) is 27.8. The molecule has 0 spiro atoms. The molecule has 0 aromatic heterocycles. The predicted molar refractivity (Wildman–Crippen MR) is 140 cm³/mol. The van der Waals surface area contributed by atoms with Gasteiger partial charge in [-0.15, -0.1) is 0 Å². The lowest BCUT2D eigenvalue weighted by Crippen LogP contribution is -2.58. The van der Waals surface area contributed by atoms with Crippen LogP contribution in [0, 0.1) is 5.92 Å². The molecule has 0 aliphatic carbocycles. The van der Waals surface area contributed by atoms with Crippen molar-refractivity contribution in [1.82, 2.24) is 16.0 Å². The number of carboxylic acids is 1. The van der Waals surface area contributed by atoms with Gasteiger partial charge in [-0.3, -0.25) is 24.4 Å². The fraction of sp³-hybridized carbons (Fsp3) is 0.700. The Hall–Kier alpha value is -3.27. The zero-order valence-electron chi connectivity index (χ0n) is 20.6. The second-order valence-corrected chi connectivity index (χ2v) is 8.74. The number of nitrogens with one attached hydrogen (secondary N) is 3. The molecule has 0 bridgehead atoms. The molecule has 0 aliphatic heterocycles. The van der Waals surface area contributed by atoms with Gasteiger partial charge in [0.25, 0.3) is 0 Å². The third kappa shape index (κ3) is 13.6. The van der Waals surface area contributed by atoms with E-state index in [1.54, 1.807) is 13.8 Å². The summed E-state index contributed by atoms with van der Waals surface area (Å²) in [6.07, 6.45) is 0.734. The highest BCUT2D eigenvalue weighted by atomic mass is 32.1. The van der Waals surface area contributed by atoms with Crippen LogP contribution in [0.2, 0.25) is 0 Å². The maximum Gasteiger partial charge on any atom is 0.326 e. The van der Waals surface area contributed by atoms with E-state index >= 15 is 0 Å². The maximum absolute atomic E-state index is 12.9. The minimum Gasteiger partial charge on any atom is -0.480 e. The Bertz CT molecular complexity index is 800. The quantitative estimate of drug-likeness (QED) is 0.0382. The van der Waals surface area contributed by atoms with Gasteiger partial charge in [0.05, 0.1) is 6.04 Å². The van der Waals surface area contributed by atoms with Gasteiger partial charge in [-0.05, 0) is 31.6 Å². The first-order valence-electron chi connectivity index (χ1n) is 11.4. The third-order valence-corrected chi connectivity index (χ3v) is 5.34. The Labute approximate surface area is 215 Å². The number of carboxylic acid groups (broad SMARTS) is 1. The van der Waals surface area contributed by atoms with Crippen LogP contribution in [0.3, 0.4) is 0 Å². The van der Waals surface area contributed by atoms with Crippen LogP contribution in [0.15, 0.2) is 9.98 Å². The van der Waals surface area contributed by atoms with Gasteiger partial charge in [0, 0.05) is 18.8 Å². The van der Waals surface area contributed by atoms with Crippen LogP contribution < -0.4 is 44.6 Å². The largest absolute Gasteiger partial charge is 0.480 e. The van der Waals surface area contributed by atoms with Crippen LogP contribution in [0.25, 0.3) is 0 Å². The van der Waals surface area contributed by atoms with E-state index in [0.717, 1.165) is 0 Å². The Kier molecular flexibility index (Phi) is 15.6. The van der Waals surface area contributed by atoms with Crippen LogP contribution in [-0.4, -0.2) is 83.7 Å². The summed E-state index contributed by atoms with van der Waals surface area (Å²) in [5, 5.41) is 17.0. The van der Waals surface area contributed by atoms with Crippen LogP contribution in [0.5, 0.6) is 0 Å². The van der Waals surface area contributed by atoms with Gasteiger partial charge in [-0.25, -0.2) is 4.79 Å². The molecule has 0 saturated carbocycles. The van der Waals surface area contributed by atoms with E-state index in [2.05, 4.69) is 38.6 Å². The normalized spacial score (nSPS) is 14.0. The predicted octanol–water partition coefficient (Wildman–Crippen LogP) is -3.45. The molecule has 0 fully saturated rings. The molecule has 0 rings (SSSR count). The monoisotopic (exact) mass is 532 g/mol. The van der Waals surface area contributed by atoms with Crippen molar-refractivity contribution in [2.75, 3.05) is 18.8 Å². The summed E-state index contributed by atoms with van der Waals surface area (Å²) in [6, 6.07) is -4.29. The number of guanidine groups is 2. The molecule has 3 amide bonds. The first kappa shape index (κ1) is 32.7. The Morgan fingerprint density at radius 2 is 1.19 bits per heavy atom. The molecule has 4 unspecified atom stereocenters. The number of rotatable bonds is 17. The molecule has 206 valence electrons. The molecular formula is C20H40N10O5S. The van der Waals surface area contributed by atoms with Crippen LogP contribution in [-0.2, 0) is 19.2 Å². The molecule has 4 atom stereocenters. The first-order chi connectivity index (χ1) is 16.8. The van der Waals surface area contributed by atoms with Gasteiger partial charge in [0.2, 0.25) is 17.7 Å². The van der Waals surface area contributed by atoms with Gasteiger partial charge >= 0.3 is 5.97 Å². The summed E-state index contributed by atoms with van der Waals surface area (Å²) >= 11 is 4.11. The van der Waals surface area contributed by atoms with Crippen LogP contribution >= 0.6 is 12.6 Å². The Morgan fingerprint density at radius 3 is 1.61 bits per heavy atom. The number of carbonyl (C=O) groups excluding carboxylic acids is 3. The minimum absolute atomic E-state index is 0.0505. The molecule has 36 heavy (non-hydrogen) atoms. The maximum atomic E-state index is 12.9. The van der Waals surface area contributed by atoms with Crippen LogP contribution in [0.1, 0.15) is 39.5 Å². The zero-order valence-corrected chi connectivity index (χ0v) is 21.5. The Balaban J connectivity index is 5.43. The lowest BCUT2D eigenvalue weighted by molar-refractivity contribution is -0.142. The van der Waals surface area contributed by atoms with Crippen molar-refractivity contribution in [3.05, 3.63) is 0 Å². The summed E-state index contributed by atoms with van der Waals surface area (Å²) in [5.74, 6) is -3.71. The van der Waals surface area contributed by atoms with Crippen molar-refractivity contribution in [1.29, 1.82) is 0 Å². The van der Waals surface area contributed by atoms with Gasteiger partial charge in [0.15, 0.2) is 11.9 Å². The van der Waals surface area contributed by atoms with Gasteiger partial charge in [0.1, 0.15) is 18.1 Å². The van der Waals surface area contributed by atoms with Crippen molar-refractivity contribution in [2.45, 2.75) is 63.7 Å². The number of nitrogens with zero attached hydrogens (tertiary/aromatic N) is 2. The topological polar surface area (TPSA) is 279 Å². The molecule has 0 radical (unpaired) electrons. The van der Waals surface area contributed by atoms with E-state index in [0.29, 0.717) is 12.8 Å². The molecule has 16 heteroatoms. The molecule has 14 N–H and O–H groups in total. The van der Waals surface area contributed by atoms with Crippen molar-refractivity contribution < 1.29 is 24.3 Å². The van der Waals surface area contributed by atoms with Crippen molar-refractivity contribution >= 4 is 48.2 Å². The summed E-state index contributed by atoms with van der Waals surface area (Å²) < 4.78 is 0. The number of thiol groups is 1. The van der Waals surface area contributed by atoms with E-state index in [9.17, 15) is 24.3 Å². The van der Waals surface area contributed by atoms with Crippen LogP contribution in [0.4, 0.5) is 0 Å². The molecule has 0 aromatic rings. The SMILES string of the molecule is CC(C)C(N)C(=O)NC(CS)C(=O)NC(CCCN=C(N)N)C(=O)NC(CCCN=C(N)N)C(=O)O. The number of carbonyl (C=O) groups is 4. The molecular weight excluding hydrogens is 492 g/mol. The summed E-state index contributed by atoms with van der Waals surface area (Å²) in [4.78, 5) is 57.3. The molecule has 15 nitrogen and oxygen atoms in total. The average Bonchev–Trinajstić information content (AvgIpc) is 2.79. The van der Waals surface area contributed by atoms with Gasteiger partial charge in [-0.1, -0.05) is 13.8 Å². The van der Waals surface area contributed by atoms with E-state index in [-0.39, 0.29) is 49.5 Å². The van der Waals surface area contributed by atoms with Crippen molar-refractivity contribution in [3.63, 3.8) is 0 Å². The number of aliphatic imine (C=N–C) groups is 2. The smallest absolute Gasteiger partial charge is 0.326 e. The number of hydrogen-bond donors (Lipinski definition) is 10. The van der Waals surface area contributed by atoms with Gasteiger partial charge in [-0.2, -0.15) is 12.6 Å². The van der Waals surface area contributed by atoms with E-state index in [4.69, 9.17) is 28.7 Å². The first-order valence-corrected chi connectivity index (χ1v) is 12.0. The highest BCUT2D eigenvalue weighted by Crippen LogP contribution is 2.05. The van der Waals surface area contributed by atoms with E-state index in [1.165, 1.54) is 0 Å². The summed E-state index contributed by atoms with van der Waals surface area (Å²) in [7, 11) is 0. The highest BCUT2D eigenvalue weighted by molar-refractivity contribution is 7.80. The minimum atomic E-state index is -1.26. The summed E-state index contributed by atoms with van der Waals surface area (Å²) in [6.45, 7) is 3.88. The third-order valence-electron chi connectivity index (χ3n) is 4.97. The average molecular weight is 533 g/mol. The second kappa shape index (κ2) is 17.2. The number of nitrogens with two attached hydrogens (primary N) is 5. The number of hydrogen-bond acceptors (Lipinski definition) is 8. The fourth-order valence-corrected chi connectivity index (χ4v) is 3.10. The van der Waals surface area contributed by atoms with E-state index < -0.39 is 47.9 Å². The van der Waals surface area contributed by atoms with Gasteiger partial charge < -0.3 is 49.7 Å². The highest BCUT2D eigenvalue weighted by Gasteiger charge is 2.30. The Morgan fingerprint density at radius 1 is 0.778 bits per heavy atom. The van der Waals surface area contributed by atoms with E-state index in [1.807, 2.05) is 0 Å². The number of amides is 3. The molecule has 0 heterocycles. The van der Waals surface area contributed by atoms with Crippen molar-refractivity contribution in [3.8, 4) is 0 Å². The molecule has 0 aromatic carbocycles. The van der Waals surface area contributed by atoms with Crippen molar-refractivity contribution in [2.24, 2.45) is 44.6 Å². The standard InChI is InChI=1S/C20H40N10O5S/c1-10(2)14(21)17(33)30-13(9-36)16(32)28-11(5-3-7-26-19(22)23)15(31)29-12(18(34)35)6-4-8-27-20(24)25/h10-14,36H,3-9,21H2,1-2H3,(H,28,32)(H,29,31)(H,30,33)(H,34,35)(H4,22,23,26)(H4,24,25,27). The lowest BCUT2D eigenvalue weighted by atomic mass is 10.0. The fourth-order valence-electron chi connectivity index (χ4n) is 2.84. The summed E-state index contributed by atoms with van der Waals surface area (Å²) in [5.41, 5.74) is 26.9.